The zero-order valence-electron chi connectivity index (χ0n) is 8.87. The molecular weight excluding hydrogens is 210 g/mol. The number of pyridine rings is 1. The van der Waals surface area contributed by atoms with Crippen LogP contribution in [0.4, 0.5) is 0 Å². The standard InChI is InChI=1S/C10H11N3O3/c1-4-6(5(2)14)3-7-8(11-4)12-10(16)13-9(7)15/h3,5,14H,1-2H3,(H2,11,12,13,15,16). The van der Waals surface area contributed by atoms with Gasteiger partial charge in [0.2, 0.25) is 0 Å². The zero-order chi connectivity index (χ0) is 11.9. The Hall–Kier alpha value is -1.95. The molecule has 0 aliphatic carbocycles. The molecule has 0 aliphatic rings. The molecule has 0 fully saturated rings. The number of nitrogens with one attached hydrogen (secondary N) is 2. The molecule has 1 atom stereocenters. The summed E-state index contributed by atoms with van der Waals surface area (Å²) in [7, 11) is 0. The molecule has 6 nitrogen and oxygen atoms in total. The highest BCUT2D eigenvalue weighted by atomic mass is 16.3. The van der Waals surface area contributed by atoms with Gasteiger partial charge in [0.05, 0.1) is 11.5 Å². The number of aliphatic hydroxyl groups is 1. The first kappa shape index (κ1) is 10.6. The number of aryl methyl sites for hydroxylation is 1. The average molecular weight is 221 g/mol. The third kappa shape index (κ3) is 1.63. The number of aromatic amines is 2. The van der Waals surface area contributed by atoms with Gasteiger partial charge in [-0.25, -0.2) is 9.78 Å². The van der Waals surface area contributed by atoms with Crippen LogP contribution in [0.5, 0.6) is 0 Å². The SMILES string of the molecule is Cc1nc2[nH]c(=O)[nH]c(=O)c2cc1C(C)O. The molecule has 0 radical (unpaired) electrons. The van der Waals surface area contributed by atoms with Gasteiger partial charge in [0.1, 0.15) is 5.65 Å². The highest BCUT2D eigenvalue weighted by Crippen LogP contribution is 2.17. The zero-order valence-corrected chi connectivity index (χ0v) is 8.87. The van der Waals surface area contributed by atoms with E-state index in [-0.39, 0.29) is 11.0 Å². The lowest BCUT2D eigenvalue weighted by molar-refractivity contribution is 0.198. The van der Waals surface area contributed by atoms with Crippen molar-refractivity contribution in [2.45, 2.75) is 20.0 Å². The largest absolute Gasteiger partial charge is 0.389 e. The van der Waals surface area contributed by atoms with Crippen molar-refractivity contribution in [2.24, 2.45) is 0 Å². The lowest BCUT2D eigenvalue weighted by atomic mass is 10.1. The molecule has 6 heteroatoms. The smallest absolute Gasteiger partial charge is 0.327 e. The van der Waals surface area contributed by atoms with Gasteiger partial charge >= 0.3 is 5.69 Å². The van der Waals surface area contributed by atoms with E-state index in [0.717, 1.165) is 0 Å². The van der Waals surface area contributed by atoms with Gasteiger partial charge in [0.15, 0.2) is 0 Å². The van der Waals surface area contributed by atoms with Gasteiger partial charge in [0, 0.05) is 11.3 Å². The normalized spacial score (nSPS) is 12.9. The fraction of sp³-hybridized carbons (Fsp3) is 0.300. The van der Waals surface area contributed by atoms with Crippen LogP contribution in [0.2, 0.25) is 0 Å². The summed E-state index contributed by atoms with van der Waals surface area (Å²) in [6, 6.07) is 1.54. The molecule has 0 amide bonds. The lowest BCUT2D eigenvalue weighted by Gasteiger charge is -2.08. The first-order valence-corrected chi connectivity index (χ1v) is 4.81. The van der Waals surface area contributed by atoms with E-state index in [0.29, 0.717) is 11.3 Å². The fourth-order valence-corrected chi connectivity index (χ4v) is 1.62. The Bertz CT molecular complexity index is 654. The molecule has 2 aromatic rings. The molecular formula is C10H11N3O3. The Morgan fingerprint density at radius 1 is 1.38 bits per heavy atom. The number of aliphatic hydroxyl groups excluding tert-OH is 1. The summed E-state index contributed by atoms with van der Waals surface area (Å²) in [6.45, 7) is 3.30. The molecule has 84 valence electrons. The second kappa shape index (κ2) is 3.57. The van der Waals surface area contributed by atoms with Crippen molar-refractivity contribution >= 4 is 11.0 Å². The highest BCUT2D eigenvalue weighted by molar-refractivity contribution is 5.74. The second-order valence-electron chi connectivity index (χ2n) is 3.64. The van der Waals surface area contributed by atoms with Crippen LogP contribution >= 0.6 is 0 Å². The average Bonchev–Trinajstić information content (AvgIpc) is 2.15. The van der Waals surface area contributed by atoms with Gasteiger partial charge in [-0.15, -0.1) is 0 Å². The Morgan fingerprint density at radius 2 is 2.06 bits per heavy atom. The number of H-pyrrole nitrogens is 2. The first-order chi connectivity index (χ1) is 7.49. The highest BCUT2D eigenvalue weighted by Gasteiger charge is 2.10. The summed E-state index contributed by atoms with van der Waals surface area (Å²) >= 11 is 0. The van der Waals surface area contributed by atoms with E-state index < -0.39 is 17.4 Å². The van der Waals surface area contributed by atoms with Crippen LogP contribution in [0.15, 0.2) is 15.7 Å². The molecule has 16 heavy (non-hydrogen) atoms. The molecule has 2 rings (SSSR count). The Kier molecular flexibility index (Phi) is 2.35. The van der Waals surface area contributed by atoms with E-state index in [4.69, 9.17) is 0 Å². The maximum atomic E-state index is 11.5. The van der Waals surface area contributed by atoms with Crippen LogP contribution in [-0.4, -0.2) is 20.1 Å². The number of aromatic nitrogens is 3. The molecule has 2 aromatic heterocycles. The quantitative estimate of drug-likeness (QED) is 0.629. The van der Waals surface area contributed by atoms with Crippen molar-refractivity contribution in [1.82, 2.24) is 15.0 Å². The van der Waals surface area contributed by atoms with Crippen LogP contribution < -0.4 is 11.2 Å². The Balaban J connectivity index is 2.90. The van der Waals surface area contributed by atoms with Gasteiger partial charge in [-0.2, -0.15) is 0 Å². The number of nitrogens with zero attached hydrogens (tertiary/aromatic N) is 1. The molecule has 2 heterocycles. The third-order valence-electron chi connectivity index (χ3n) is 2.41. The number of hydrogen-bond donors (Lipinski definition) is 3. The van der Waals surface area contributed by atoms with Gasteiger partial charge in [-0.3, -0.25) is 14.8 Å². The van der Waals surface area contributed by atoms with Crippen molar-refractivity contribution < 1.29 is 5.11 Å². The fourth-order valence-electron chi connectivity index (χ4n) is 1.62. The van der Waals surface area contributed by atoms with E-state index in [1.54, 1.807) is 13.8 Å². The van der Waals surface area contributed by atoms with Crippen LogP contribution in [0.1, 0.15) is 24.3 Å². The molecule has 1 unspecified atom stereocenters. The summed E-state index contributed by atoms with van der Waals surface area (Å²) < 4.78 is 0. The second-order valence-corrected chi connectivity index (χ2v) is 3.64. The lowest BCUT2D eigenvalue weighted by Crippen LogP contribution is -2.23. The summed E-state index contributed by atoms with van der Waals surface area (Å²) in [5, 5.41) is 9.75. The van der Waals surface area contributed by atoms with E-state index in [9.17, 15) is 14.7 Å². The predicted octanol–water partition coefficient (Wildman–Crippen LogP) is -0.0269. The van der Waals surface area contributed by atoms with Crippen LogP contribution in [0.25, 0.3) is 11.0 Å². The minimum Gasteiger partial charge on any atom is -0.389 e. The molecule has 0 aromatic carbocycles. The maximum Gasteiger partial charge on any atom is 0.327 e. The summed E-state index contributed by atoms with van der Waals surface area (Å²) in [4.78, 5) is 31.1. The van der Waals surface area contributed by atoms with Crippen molar-refractivity contribution in [2.75, 3.05) is 0 Å². The van der Waals surface area contributed by atoms with Crippen LogP contribution in [0, 0.1) is 6.92 Å². The monoisotopic (exact) mass is 221 g/mol. The van der Waals surface area contributed by atoms with Gasteiger partial charge in [-0.1, -0.05) is 0 Å². The number of fused-ring (bicyclic) bond motifs is 1. The van der Waals surface area contributed by atoms with E-state index in [1.807, 2.05) is 0 Å². The van der Waals surface area contributed by atoms with Gasteiger partial charge in [-0.05, 0) is 19.9 Å². The maximum absolute atomic E-state index is 11.5. The van der Waals surface area contributed by atoms with Crippen molar-refractivity contribution in [3.8, 4) is 0 Å². The van der Waals surface area contributed by atoms with Gasteiger partial charge in [0.25, 0.3) is 5.56 Å². The van der Waals surface area contributed by atoms with E-state index in [2.05, 4.69) is 15.0 Å². The minimum absolute atomic E-state index is 0.232. The summed E-state index contributed by atoms with van der Waals surface area (Å²) in [6.07, 6.45) is -0.705. The predicted molar refractivity (Wildman–Crippen MR) is 58.4 cm³/mol. The van der Waals surface area contributed by atoms with Crippen LogP contribution in [0.3, 0.4) is 0 Å². The molecule has 0 bridgehead atoms. The first-order valence-electron chi connectivity index (χ1n) is 4.81. The number of rotatable bonds is 1. The topological polar surface area (TPSA) is 98.8 Å². The van der Waals surface area contributed by atoms with Crippen molar-refractivity contribution in [3.63, 3.8) is 0 Å². The summed E-state index contributed by atoms with van der Waals surface area (Å²) in [5.74, 6) is 0. The van der Waals surface area contributed by atoms with Crippen molar-refractivity contribution in [3.05, 3.63) is 38.2 Å². The molecule has 0 aliphatic heterocycles. The molecule has 0 saturated heterocycles. The Labute approximate surface area is 90.0 Å². The molecule has 0 spiro atoms. The third-order valence-corrected chi connectivity index (χ3v) is 2.41. The van der Waals surface area contributed by atoms with Gasteiger partial charge < -0.3 is 5.11 Å². The van der Waals surface area contributed by atoms with Crippen LogP contribution in [-0.2, 0) is 0 Å². The minimum atomic E-state index is -0.705. The Morgan fingerprint density at radius 3 is 2.69 bits per heavy atom. The summed E-state index contributed by atoms with van der Waals surface area (Å²) in [5.41, 5.74) is 0.298. The molecule has 3 N–H and O–H groups in total. The molecule has 0 saturated carbocycles. The number of hydrogen-bond acceptors (Lipinski definition) is 4. The van der Waals surface area contributed by atoms with E-state index in [1.165, 1.54) is 6.07 Å². The van der Waals surface area contributed by atoms with E-state index >= 15 is 0 Å². The van der Waals surface area contributed by atoms with Crippen molar-refractivity contribution in [1.29, 1.82) is 0 Å².